The molecule has 0 aliphatic carbocycles. The van der Waals surface area contributed by atoms with Crippen LogP contribution in [0.25, 0.3) is 0 Å². The smallest absolute Gasteiger partial charge is 0.248 e. The molecule has 0 saturated carbocycles. The third-order valence-electron chi connectivity index (χ3n) is 5.10. The number of carbonyl (C=O) groups excluding carboxylic acids is 1. The quantitative estimate of drug-likeness (QED) is 0.640. The number of carbonyl (C=O) groups is 1. The van der Waals surface area contributed by atoms with E-state index >= 15 is 0 Å². The lowest BCUT2D eigenvalue weighted by molar-refractivity contribution is 0.1000. The first-order valence-electron chi connectivity index (χ1n) is 10.4. The molecule has 1 aliphatic rings. The highest BCUT2D eigenvalue weighted by molar-refractivity contribution is 5.93. The highest BCUT2D eigenvalue weighted by Gasteiger charge is 2.20. The van der Waals surface area contributed by atoms with E-state index < -0.39 is 5.91 Å². The first-order chi connectivity index (χ1) is 14.1. The maximum Gasteiger partial charge on any atom is 0.248 e. The monoisotopic (exact) mass is 411 g/mol. The van der Waals surface area contributed by atoms with Crippen molar-refractivity contribution < 1.29 is 4.79 Å². The molecule has 1 saturated heterocycles. The fourth-order valence-electron chi connectivity index (χ4n) is 3.65. The summed E-state index contributed by atoms with van der Waals surface area (Å²) in [6, 6.07) is 5.79. The lowest BCUT2D eigenvalue weighted by Crippen LogP contribution is -2.31. The Bertz CT molecular complexity index is 901. The molecule has 1 aromatic carbocycles. The Hall–Kier alpha value is -2.74. The van der Waals surface area contributed by atoms with Crippen molar-refractivity contribution in [2.45, 2.75) is 46.6 Å². The van der Waals surface area contributed by atoms with Gasteiger partial charge in [0.2, 0.25) is 17.8 Å². The normalized spacial score (nSPS) is 16.5. The van der Waals surface area contributed by atoms with Gasteiger partial charge in [0.25, 0.3) is 0 Å². The number of amides is 1. The zero-order valence-corrected chi connectivity index (χ0v) is 18.6. The molecule has 1 unspecified atom stereocenters. The summed E-state index contributed by atoms with van der Waals surface area (Å²) in [4.78, 5) is 27.8. The average Bonchev–Trinajstić information content (AvgIpc) is 3.14. The van der Waals surface area contributed by atoms with Crippen LogP contribution in [0.1, 0.15) is 54.5 Å². The van der Waals surface area contributed by atoms with Crippen LogP contribution in [0.4, 0.5) is 11.9 Å². The van der Waals surface area contributed by atoms with E-state index in [2.05, 4.69) is 46.3 Å². The molecule has 2 aromatic rings. The van der Waals surface area contributed by atoms with Crippen LogP contribution in [0.2, 0.25) is 0 Å². The van der Waals surface area contributed by atoms with Gasteiger partial charge in [0.15, 0.2) is 0 Å². The number of hydrogen-bond donors (Lipinski definition) is 3. The SMILES string of the molecule is Cc1ccc(C(N)=O)cc1Cc1nc(NC2CCNC2)nc(N(C)CC(C)(C)C)n1. The second-order valence-electron chi connectivity index (χ2n) is 9.31. The summed E-state index contributed by atoms with van der Waals surface area (Å²) < 4.78 is 0. The zero-order valence-electron chi connectivity index (χ0n) is 18.6. The van der Waals surface area contributed by atoms with Gasteiger partial charge in [-0.1, -0.05) is 26.8 Å². The number of aromatic nitrogens is 3. The van der Waals surface area contributed by atoms with E-state index in [1.165, 1.54) is 0 Å². The average molecular weight is 412 g/mol. The predicted octanol–water partition coefficient (Wildman–Crippen LogP) is 2.13. The Morgan fingerprint density at radius 1 is 1.30 bits per heavy atom. The molecule has 1 aromatic heterocycles. The van der Waals surface area contributed by atoms with Crippen LogP contribution in [0.3, 0.4) is 0 Å². The van der Waals surface area contributed by atoms with Crippen LogP contribution < -0.4 is 21.3 Å². The maximum atomic E-state index is 11.6. The number of hydrogen-bond acceptors (Lipinski definition) is 7. The summed E-state index contributed by atoms with van der Waals surface area (Å²) >= 11 is 0. The summed E-state index contributed by atoms with van der Waals surface area (Å²) in [7, 11) is 2.00. The van der Waals surface area contributed by atoms with Crippen LogP contribution in [0.15, 0.2) is 18.2 Å². The molecule has 0 bridgehead atoms. The van der Waals surface area contributed by atoms with Gasteiger partial charge in [0.05, 0.1) is 0 Å². The van der Waals surface area contributed by atoms with Crippen LogP contribution in [-0.2, 0) is 6.42 Å². The summed E-state index contributed by atoms with van der Waals surface area (Å²) in [5.74, 6) is 1.47. The number of benzene rings is 1. The topological polar surface area (TPSA) is 109 Å². The van der Waals surface area contributed by atoms with Crippen molar-refractivity contribution >= 4 is 17.8 Å². The van der Waals surface area contributed by atoms with Crippen LogP contribution in [-0.4, -0.2) is 53.6 Å². The standard InChI is InChI=1S/C22H33N7O/c1-14-6-7-15(19(23)30)10-16(14)11-18-26-20(25-17-8-9-24-12-17)28-21(27-18)29(5)13-22(2,3)4/h6-7,10,17,24H,8-9,11-13H2,1-5H3,(H2,23,30)(H,25,26,27,28). The highest BCUT2D eigenvalue weighted by Crippen LogP contribution is 2.21. The third-order valence-corrected chi connectivity index (χ3v) is 5.10. The molecule has 1 atom stereocenters. The van der Waals surface area contributed by atoms with Crippen LogP contribution in [0.5, 0.6) is 0 Å². The number of rotatable bonds is 7. The number of anilines is 2. The van der Waals surface area contributed by atoms with Crippen LogP contribution in [0, 0.1) is 12.3 Å². The second kappa shape index (κ2) is 8.95. The van der Waals surface area contributed by atoms with Crippen molar-refractivity contribution in [2.75, 3.05) is 36.9 Å². The summed E-state index contributed by atoms with van der Waals surface area (Å²) in [5.41, 5.74) is 8.11. The molecule has 2 heterocycles. The molecular formula is C22H33N7O. The van der Waals surface area contributed by atoms with Gasteiger partial charge in [-0.15, -0.1) is 0 Å². The Labute approximate surface area is 178 Å². The Morgan fingerprint density at radius 2 is 2.07 bits per heavy atom. The van der Waals surface area contributed by atoms with Gasteiger partial charge in [-0.3, -0.25) is 4.79 Å². The number of nitrogens with one attached hydrogen (secondary N) is 2. The van der Waals surface area contributed by atoms with Crippen molar-refractivity contribution in [3.8, 4) is 0 Å². The van der Waals surface area contributed by atoms with Gasteiger partial charge < -0.3 is 21.3 Å². The van der Waals surface area contributed by atoms with Crippen molar-refractivity contribution in [3.63, 3.8) is 0 Å². The van der Waals surface area contributed by atoms with Gasteiger partial charge in [-0.05, 0) is 48.6 Å². The minimum atomic E-state index is -0.436. The van der Waals surface area contributed by atoms with Gasteiger partial charge >= 0.3 is 0 Å². The predicted molar refractivity (Wildman–Crippen MR) is 120 cm³/mol. The van der Waals surface area contributed by atoms with Gasteiger partial charge in [-0.25, -0.2) is 0 Å². The molecule has 1 aliphatic heterocycles. The fourth-order valence-corrected chi connectivity index (χ4v) is 3.65. The molecular weight excluding hydrogens is 378 g/mol. The highest BCUT2D eigenvalue weighted by atomic mass is 16.1. The summed E-state index contributed by atoms with van der Waals surface area (Å²) in [6.45, 7) is 11.3. The minimum Gasteiger partial charge on any atom is -0.366 e. The maximum absolute atomic E-state index is 11.6. The zero-order chi connectivity index (χ0) is 21.9. The molecule has 1 fully saturated rings. The van der Waals surface area contributed by atoms with E-state index in [0.717, 1.165) is 37.2 Å². The van der Waals surface area contributed by atoms with Crippen molar-refractivity contribution in [3.05, 3.63) is 40.7 Å². The van der Waals surface area contributed by atoms with Gasteiger partial charge in [0.1, 0.15) is 5.82 Å². The minimum absolute atomic E-state index is 0.108. The lowest BCUT2D eigenvalue weighted by atomic mass is 9.96. The van der Waals surface area contributed by atoms with Crippen molar-refractivity contribution in [1.82, 2.24) is 20.3 Å². The Morgan fingerprint density at radius 3 is 2.70 bits per heavy atom. The van der Waals surface area contributed by atoms with Gasteiger partial charge in [0, 0.05) is 38.2 Å². The van der Waals surface area contributed by atoms with E-state index in [-0.39, 0.29) is 5.41 Å². The number of aryl methyl sites for hydroxylation is 1. The molecule has 8 heteroatoms. The summed E-state index contributed by atoms with van der Waals surface area (Å²) in [6.07, 6.45) is 1.54. The first kappa shape index (κ1) is 22.0. The van der Waals surface area contributed by atoms with E-state index in [1.807, 2.05) is 26.1 Å². The fraction of sp³-hybridized carbons (Fsp3) is 0.545. The third kappa shape index (κ3) is 5.89. The lowest BCUT2D eigenvalue weighted by Gasteiger charge is -2.27. The molecule has 3 rings (SSSR count). The van der Waals surface area contributed by atoms with Crippen LogP contribution >= 0.6 is 0 Å². The van der Waals surface area contributed by atoms with E-state index in [4.69, 9.17) is 10.7 Å². The largest absolute Gasteiger partial charge is 0.366 e. The molecule has 0 radical (unpaired) electrons. The number of nitrogens with zero attached hydrogens (tertiary/aromatic N) is 4. The van der Waals surface area contributed by atoms with E-state index in [1.54, 1.807) is 6.07 Å². The molecule has 8 nitrogen and oxygen atoms in total. The number of nitrogens with two attached hydrogens (primary N) is 1. The summed E-state index contributed by atoms with van der Waals surface area (Å²) in [5, 5.41) is 6.80. The molecule has 4 N–H and O–H groups in total. The molecule has 1 amide bonds. The number of primary amides is 1. The Balaban J connectivity index is 1.92. The first-order valence-corrected chi connectivity index (χ1v) is 10.4. The Kier molecular flexibility index (Phi) is 6.55. The molecule has 0 spiro atoms. The van der Waals surface area contributed by atoms with Gasteiger partial charge in [-0.2, -0.15) is 15.0 Å². The van der Waals surface area contributed by atoms with Crippen molar-refractivity contribution in [1.29, 1.82) is 0 Å². The molecule has 30 heavy (non-hydrogen) atoms. The molecule has 162 valence electrons. The second-order valence-corrected chi connectivity index (χ2v) is 9.31. The van der Waals surface area contributed by atoms with E-state index in [0.29, 0.717) is 35.7 Å². The van der Waals surface area contributed by atoms with Crippen molar-refractivity contribution in [2.24, 2.45) is 11.1 Å². The van der Waals surface area contributed by atoms with E-state index in [9.17, 15) is 4.79 Å².